The van der Waals surface area contributed by atoms with Gasteiger partial charge in [0.1, 0.15) is 23.2 Å². The molecule has 272 valence electrons. The van der Waals surface area contributed by atoms with Gasteiger partial charge in [-0.1, -0.05) is 25.0 Å². The summed E-state index contributed by atoms with van der Waals surface area (Å²) in [5.74, 6) is -1.75. The van der Waals surface area contributed by atoms with E-state index in [1.807, 2.05) is 45.8 Å². The van der Waals surface area contributed by atoms with Crippen molar-refractivity contribution in [1.29, 1.82) is 0 Å². The smallest absolute Gasteiger partial charge is 0.408 e. The Morgan fingerprint density at radius 3 is 2.51 bits per heavy atom. The number of allylic oxidation sites excluding steroid dienone is 1. The summed E-state index contributed by atoms with van der Waals surface area (Å²) in [6, 6.07) is 1.13. The summed E-state index contributed by atoms with van der Waals surface area (Å²) in [5, 5.41) is 18.1. The van der Waals surface area contributed by atoms with Gasteiger partial charge in [0.25, 0.3) is 5.56 Å². The maximum atomic E-state index is 14.5. The Balaban J connectivity index is 1.38. The second kappa shape index (κ2) is 15.1. The van der Waals surface area contributed by atoms with Crippen LogP contribution in [0, 0.1) is 5.92 Å². The van der Waals surface area contributed by atoms with Crippen LogP contribution in [0.2, 0.25) is 0 Å². The maximum Gasteiger partial charge on any atom is 0.408 e. The topological polar surface area (TPSA) is 149 Å². The first kappa shape index (κ1) is 36.5. The van der Waals surface area contributed by atoms with E-state index in [4.69, 9.17) is 9.47 Å². The van der Waals surface area contributed by atoms with Crippen molar-refractivity contribution in [3.63, 3.8) is 0 Å². The number of alkyl carbamates (subject to hydrolysis) is 1. The van der Waals surface area contributed by atoms with Crippen LogP contribution in [0.5, 0.6) is 0 Å². The van der Waals surface area contributed by atoms with Crippen molar-refractivity contribution in [2.75, 3.05) is 13.2 Å². The highest BCUT2D eigenvalue weighted by Crippen LogP contribution is 2.46. The molecule has 3 aliphatic rings. The second-order valence-corrected chi connectivity index (χ2v) is 15.9. The third-order valence-corrected chi connectivity index (χ3v) is 10.9. The van der Waals surface area contributed by atoms with E-state index in [2.05, 4.69) is 15.7 Å². The average molecular weight is 736 g/mol. The van der Waals surface area contributed by atoms with E-state index in [9.17, 15) is 24.0 Å². The molecule has 3 aromatic heterocycles. The van der Waals surface area contributed by atoms with Crippen LogP contribution in [0.1, 0.15) is 78.7 Å². The molecule has 0 unspecified atom stereocenters. The number of carbonyl (C=O) groups is 4. The maximum absolute atomic E-state index is 14.5. The van der Waals surface area contributed by atoms with Crippen molar-refractivity contribution in [1.82, 2.24) is 25.3 Å². The van der Waals surface area contributed by atoms with Crippen LogP contribution in [-0.4, -0.2) is 74.9 Å². The van der Waals surface area contributed by atoms with Crippen LogP contribution in [0.15, 0.2) is 56.8 Å². The predicted molar refractivity (Wildman–Crippen MR) is 195 cm³/mol. The zero-order valence-electron chi connectivity index (χ0n) is 29.4. The van der Waals surface area contributed by atoms with Gasteiger partial charge in [0, 0.05) is 24.4 Å². The van der Waals surface area contributed by atoms with Gasteiger partial charge in [0.05, 0.1) is 24.4 Å². The van der Waals surface area contributed by atoms with E-state index in [1.54, 1.807) is 33.9 Å². The molecular formula is C37H45N5O7S2. The highest BCUT2D eigenvalue weighted by molar-refractivity contribution is 7.08. The minimum absolute atomic E-state index is 0.00701. The highest BCUT2D eigenvalue weighted by atomic mass is 32.1. The standard InChI is InChI=1S/C37H45N5O7S2/c1-5-48-34(46)37-18-25(37)11-9-7-6-8-10-12-28(39-35(47)49-36(2,3)4)32(44)41-20-26(17-29(41)31(43)40-37)42-33(45)30(24-14-16-51-22-24)27(19-38-42)23-13-15-50-21-23/h9,11,13-16,19,21-22,25-26,28-29H,5-8,10,12,17-18,20H2,1-4H3,(H,39,47)(H,40,43)/b11-9-/t25-,26+,28-,29-,37+/m0/s1. The molecule has 12 nitrogen and oxygen atoms in total. The van der Waals surface area contributed by atoms with Gasteiger partial charge >= 0.3 is 12.1 Å². The molecule has 6 rings (SSSR count). The van der Waals surface area contributed by atoms with Crippen molar-refractivity contribution < 1.29 is 28.7 Å². The summed E-state index contributed by atoms with van der Waals surface area (Å²) in [5.41, 5.74) is 0.455. The molecule has 14 heteroatoms. The number of carbonyl (C=O) groups excluding carboxylic acids is 4. The summed E-state index contributed by atoms with van der Waals surface area (Å²) in [7, 11) is 0. The summed E-state index contributed by atoms with van der Waals surface area (Å²) in [6.07, 6.45) is 8.81. The average Bonchev–Trinajstić information content (AvgIpc) is 3.60. The quantitative estimate of drug-likeness (QED) is 0.242. The number of ether oxygens (including phenoxy) is 2. The summed E-state index contributed by atoms with van der Waals surface area (Å²) in [6.45, 7) is 7.10. The minimum atomic E-state index is -1.24. The molecule has 3 aromatic rings. The molecule has 2 aliphatic heterocycles. The Hall–Kier alpha value is -4.30. The monoisotopic (exact) mass is 735 g/mol. The normalized spacial score (nSPS) is 26.2. The molecule has 1 aliphatic carbocycles. The molecule has 5 heterocycles. The number of thiophene rings is 2. The number of hydrogen-bond donors (Lipinski definition) is 2. The van der Waals surface area contributed by atoms with E-state index < -0.39 is 53.1 Å². The van der Waals surface area contributed by atoms with Gasteiger partial charge in [-0.15, -0.1) is 0 Å². The molecular weight excluding hydrogens is 691 g/mol. The SMILES string of the molecule is CCOC(=O)[C@@]12C[C@@H]1/C=C\CCCCC[C@H](NC(=O)OC(C)(C)C)C(=O)N1C[C@H](n3ncc(-c4ccsc4)c(-c4ccsc4)c3=O)C[C@H]1C(=O)N2. The lowest BCUT2D eigenvalue weighted by Crippen LogP contribution is -2.56. The van der Waals surface area contributed by atoms with Gasteiger partial charge in [-0.25, -0.2) is 14.3 Å². The number of fused-ring (bicyclic) bond motifs is 2. The first-order valence-electron chi connectivity index (χ1n) is 17.5. The van der Waals surface area contributed by atoms with Crippen LogP contribution in [-0.2, 0) is 23.9 Å². The van der Waals surface area contributed by atoms with Crippen molar-refractivity contribution in [3.8, 4) is 22.3 Å². The number of nitrogens with one attached hydrogen (secondary N) is 2. The van der Waals surface area contributed by atoms with E-state index in [1.165, 1.54) is 32.3 Å². The highest BCUT2D eigenvalue weighted by Gasteiger charge is 2.62. The Morgan fingerprint density at radius 1 is 1.08 bits per heavy atom. The van der Waals surface area contributed by atoms with E-state index >= 15 is 0 Å². The number of amides is 3. The summed E-state index contributed by atoms with van der Waals surface area (Å²) >= 11 is 3.00. The molecule has 0 bridgehead atoms. The van der Waals surface area contributed by atoms with E-state index in [0.29, 0.717) is 30.4 Å². The fraction of sp³-hybridized carbons (Fsp3) is 0.514. The Morgan fingerprint density at radius 2 is 1.82 bits per heavy atom. The molecule has 5 atom stereocenters. The van der Waals surface area contributed by atoms with Crippen LogP contribution >= 0.6 is 22.7 Å². The van der Waals surface area contributed by atoms with Crippen LogP contribution in [0.4, 0.5) is 4.79 Å². The van der Waals surface area contributed by atoms with E-state index in [0.717, 1.165) is 30.4 Å². The largest absolute Gasteiger partial charge is 0.464 e. The van der Waals surface area contributed by atoms with E-state index in [-0.39, 0.29) is 31.0 Å². The number of nitrogens with zero attached hydrogens (tertiary/aromatic N) is 3. The first-order valence-corrected chi connectivity index (χ1v) is 19.4. The third-order valence-electron chi connectivity index (χ3n) is 9.58. The van der Waals surface area contributed by atoms with Crippen molar-refractivity contribution in [2.24, 2.45) is 5.92 Å². The lowest BCUT2D eigenvalue weighted by molar-refractivity contribution is -0.150. The lowest BCUT2D eigenvalue weighted by atomic mass is 10.0. The Bertz CT molecular complexity index is 1830. The van der Waals surface area contributed by atoms with Crippen LogP contribution in [0.3, 0.4) is 0 Å². The van der Waals surface area contributed by atoms with Crippen LogP contribution < -0.4 is 16.2 Å². The van der Waals surface area contributed by atoms with Crippen molar-refractivity contribution >= 4 is 46.6 Å². The Kier molecular flexibility index (Phi) is 10.8. The predicted octanol–water partition coefficient (Wildman–Crippen LogP) is 5.69. The third kappa shape index (κ3) is 7.96. The zero-order chi connectivity index (χ0) is 36.3. The van der Waals surface area contributed by atoms with Gasteiger partial charge in [-0.05, 0) is 98.2 Å². The second-order valence-electron chi connectivity index (χ2n) is 14.4. The van der Waals surface area contributed by atoms with Crippen LogP contribution in [0.25, 0.3) is 22.3 Å². The number of rotatable bonds is 6. The number of hydrogen-bond acceptors (Lipinski definition) is 10. The zero-order valence-corrected chi connectivity index (χ0v) is 31.0. The molecule has 0 aromatic carbocycles. The van der Waals surface area contributed by atoms with Gasteiger partial charge in [0.15, 0.2) is 0 Å². The summed E-state index contributed by atoms with van der Waals surface area (Å²) in [4.78, 5) is 70.9. The lowest BCUT2D eigenvalue weighted by Gasteiger charge is -2.30. The number of esters is 1. The van der Waals surface area contributed by atoms with Gasteiger partial charge in [0.2, 0.25) is 11.8 Å². The molecule has 0 radical (unpaired) electrons. The van der Waals surface area contributed by atoms with Gasteiger partial charge in [-0.3, -0.25) is 14.4 Å². The first-order chi connectivity index (χ1) is 24.4. The fourth-order valence-corrected chi connectivity index (χ4v) is 8.30. The molecule has 1 saturated carbocycles. The molecule has 51 heavy (non-hydrogen) atoms. The molecule has 0 spiro atoms. The van der Waals surface area contributed by atoms with Crippen molar-refractivity contribution in [3.05, 3.63) is 62.4 Å². The minimum Gasteiger partial charge on any atom is -0.464 e. The van der Waals surface area contributed by atoms with Crippen molar-refractivity contribution in [2.45, 2.75) is 102 Å². The fourth-order valence-electron chi connectivity index (χ4n) is 7.00. The van der Waals surface area contributed by atoms with Gasteiger partial charge < -0.3 is 25.0 Å². The molecule has 3 amide bonds. The molecule has 2 fully saturated rings. The molecule has 1 saturated heterocycles. The number of aromatic nitrogens is 2. The molecule has 2 N–H and O–H groups in total. The Labute approximate surface area is 305 Å². The van der Waals surface area contributed by atoms with Gasteiger partial charge in [-0.2, -0.15) is 27.8 Å². The summed E-state index contributed by atoms with van der Waals surface area (Å²) < 4.78 is 12.3.